The number of aldehydes is 1. The molecule has 0 radical (unpaired) electrons. The Labute approximate surface area is 119 Å². The molecule has 0 amide bonds. The first-order valence-electron chi connectivity index (χ1n) is 6.10. The minimum absolute atomic E-state index is 0.255. The molecule has 0 atom stereocenters. The smallest absolute Gasteiger partial charge is 0.226 e. The average Bonchev–Trinajstić information content (AvgIpc) is 2.91. The zero-order valence-corrected chi connectivity index (χ0v) is 10.9. The summed E-state index contributed by atoms with van der Waals surface area (Å²) in [4.78, 5) is 14.6. The van der Waals surface area contributed by atoms with Gasteiger partial charge in [0.15, 0.2) is 6.29 Å². The van der Waals surface area contributed by atoms with Gasteiger partial charge in [0.1, 0.15) is 17.3 Å². The Morgan fingerprint density at radius 2 is 2.19 bits per heavy atom. The average molecular weight is 283 g/mol. The number of pyridine rings is 2. The second-order valence-electron chi connectivity index (χ2n) is 4.27. The Kier molecular flexibility index (Phi) is 3.19. The Hall–Kier alpha value is -3.02. The van der Waals surface area contributed by atoms with Crippen molar-refractivity contribution in [1.29, 1.82) is 0 Å². The summed E-state index contributed by atoms with van der Waals surface area (Å²) in [6, 6.07) is 6.30. The third-order valence-corrected chi connectivity index (χ3v) is 2.85. The number of carbonyl (C=O) groups is 1. The van der Waals surface area contributed by atoms with Gasteiger partial charge in [-0.15, -0.1) is 0 Å². The first kappa shape index (κ1) is 13.0. The van der Waals surface area contributed by atoms with Crippen LogP contribution >= 0.6 is 0 Å². The van der Waals surface area contributed by atoms with Gasteiger partial charge in [0.05, 0.1) is 11.7 Å². The van der Waals surface area contributed by atoms with Gasteiger partial charge in [0.25, 0.3) is 0 Å². The molecule has 0 aliphatic carbocycles. The SMILES string of the molecule is C=Cc1cc(F)cnc1Oc1ccn2nc(C=O)cc2c1. The van der Waals surface area contributed by atoms with Crippen molar-refractivity contribution in [3.8, 4) is 11.6 Å². The standard InChI is InChI=1S/C15H10FN3O2/c1-2-10-5-11(16)8-17-15(10)21-14-3-4-19-13(7-14)6-12(9-20)18-19/h2-9H,1H2. The normalized spacial score (nSPS) is 10.5. The molecule has 0 aromatic carbocycles. The lowest BCUT2D eigenvalue weighted by molar-refractivity contribution is 0.111. The highest BCUT2D eigenvalue weighted by molar-refractivity contribution is 5.75. The molecular weight excluding hydrogens is 273 g/mol. The van der Waals surface area contributed by atoms with Crippen LogP contribution in [-0.4, -0.2) is 20.9 Å². The van der Waals surface area contributed by atoms with E-state index in [1.54, 1.807) is 28.9 Å². The number of hydrogen-bond donors (Lipinski definition) is 0. The number of carbonyl (C=O) groups excluding carboxylic acids is 1. The Morgan fingerprint density at radius 1 is 1.33 bits per heavy atom. The van der Waals surface area contributed by atoms with Gasteiger partial charge in [0.2, 0.25) is 5.88 Å². The van der Waals surface area contributed by atoms with E-state index in [9.17, 15) is 9.18 Å². The Bertz CT molecular complexity index is 842. The minimum Gasteiger partial charge on any atom is -0.438 e. The predicted molar refractivity (Wildman–Crippen MR) is 74.9 cm³/mol. The fourth-order valence-electron chi connectivity index (χ4n) is 1.90. The highest BCUT2D eigenvalue weighted by atomic mass is 19.1. The molecular formula is C15H10FN3O2. The Morgan fingerprint density at radius 3 is 2.95 bits per heavy atom. The summed E-state index contributed by atoms with van der Waals surface area (Å²) in [7, 11) is 0. The van der Waals surface area contributed by atoms with Gasteiger partial charge in [-0.05, 0) is 18.2 Å². The molecule has 0 fully saturated rings. The van der Waals surface area contributed by atoms with Crippen LogP contribution in [-0.2, 0) is 0 Å². The summed E-state index contributed by atoms with van der Waals surface area (Å²) in [5, 5.41) is 4.04. The van der Waals surface area contributed by atoms with Gasteiger partial charge >= 0.3 is 0 Å². The van der Waals surface area contributed by atoms with Crippen molar-refractivity contribution in [2.45, 2.75) is 0 Å². The van der Waals surface area contributed by atoms with E-state index in [1.807, 2.05) is 0 Å². The summed E-state index contributed by atoms with van der Waals surface area (Å²) in [6.07, 6.45) is 4.87. The van der Waals surface area contributed by atoms with Crippen LogP contribution in [0.2, 0.25) is 0 Å². The van der Waals surface area contributed by atoms with Gasteiger partial charge < -0.3 is 4.74 Å². The van der Waals surface area contributed by atoms with E-state index in [2.05, 4.69) is 16.7 Å². The van der Waals surface area contributed by atoms with Crippen LogP contribution in [0.4, 0.5) is 4.39 Å². The Balaban J connectivity index is 1.97. The number of hydrogen-bond acceptors (Lipinski definition) is 4. The molecule has 21 heavy (non-hydrogen) atoms. The quantitative estimate of drug-likeness (QED) is 0.690. The summed E-state index contributed by atoms with van der Waals surface area (Å²) in [6.45, 7) is 3.60. The minimum atomic E-state index is -0.459. The number of aromatic nitrogens is 3. The number of ether oxygens (including phenoxy) is 1. The van der Waals surface area contributed by atoms with Crippen molar-refractivity contribution in [3.63, 3.8) is 0 Å². The second kappa shape index (κ2) is 5.16. The van der Waals surface area contributed by atoms with Gasteiger partial charge in [-0.25, -0.2) is 13.9 Å². The monoisotopic (exact) mass is 283 g/mol. The maximum atomic E-state index is 13.1. The van der Waals surface area contributed by atoms with E-state index in [0.29, 0.717) is 28.8 Å². The van der Waals surface area contributed by atoms with E-state index < -0.39 is 5.82 Å². The maximum Gasteiger partial charge on any atom is 0.226 e. The molecule has 5 nitrogen and oxygen atoms in total. The molecule has 6 heteroatoms. The molecule has 104 valence electrons. The fourth-order valence-corrected chi connectivity index (χ4v) is 1.90. The lowest BCUT2D eigenvalue weighted by atomic mass is 10.2. The van der Waals surface area contributed by atoms with Gasteiger partial charge in [-0.3, -0.25) is 4.79 Å². The van der Waals surface area contributed by atoms with Crippen LogP contribution in [0, 0.1) is 5.82 Å². The first-order valence-corrected chi connectivity index (χ1v) is 6.10. The number of halogens is 1. The van der Waals surface area contributed by atoms with Crippen molar-refractivity contribution in [2.24, 2.45) is 0 Å². The van der Waals surface area contributed by atoms with E-state index in [-0.39, 0.29) is 5.88 Å². The molecule has 0 aliphatic rings. The molecule has 3 heterocycles. The summed E-state index contributed by atoms with van der Waals surface area (Å²) >= 11 is 0. The van der Waals surface area contributed by atoms with Crippen molar-refractivity contribution in [1.82, 2.24) is 14.6 Å². The molecule has 3 aromatic heterocycles. The van der Waals surface area contributed by atoms with E-state index >= 15 is 0 Å². The van der Waals surface area contributed by atoms with E-state index in [1.165, 1.54) is 12.1 Å². The zero-order chi connectivity index (χ0) is 14.8. The van der Waals surface area contributed by atoms with Crippen LogP contribution in [0.15, 0.2) is 43.2 Å². The van der Waals surface area contributed by atoms with Gasteiger partial charge in [-0.2, -0.15) is 5.10 Å². The number of nitrogens with zero attached hydrogens (tertiary/aromatic N) is 3. The van der Waals surface area contributed by atoms with E-state index in [4.69, 9.17) is 4.74 Å². The lowest BCUT2D eigenvalue weighted by Crippen LogP contribution is -1.94. The molecule has 0 N–H and O–H groups in total. The van der Waals surface area contributed by atoms with Crippen molar-refractivity contribution >= 4 is 17.9 Å². The second-order valence-corrected chi connectivity index (χ2v) is 4.27. The predicted octanol–water partition coefficient (Wildman–Crippen LogP) is 3.12. The molecule has 3 rings (SSSR count). The fraction of sp³-hybridized carbons (Fsp3) is 0. The summed E-state index contributed by atoms with van der Waals surface area (Å²) in [5.41, 5.74) is 1.49. The van der Waals surface area contributed by atoms with Crippen LogP contribution in [0.3, 0.4) is 0 Å². The molecule has 0 saturated heterocycles. The largest absolute Gasteiger partial charge is 0.438 e. The third-order valence-electron chi connectivity index (χ3n) is 2.85. The summed E-state index contributed by atoms with van der Waals surface area (Å²) < 4.78 is 20.3. The van der Waals surface area contributed by atoms with E-state index in [0.717, 1.165) is 6.20 Å². The van der Waals surface area contributed by atoms with Gasteiger partial charge in [0, 0.05) is 17.8 Å². The van der Waals surface area contributed by atoms with Crippen LogP contribution in [0.1, 0.15) is 16.1 Å². The van der Waals surface area contributed by atoms with Gasteiger partial charge in [-0.1, -0.05) is 12.7 Å². The molecule has 0 saturated carbocycles. The summed E-state index contributed by atoms with van der Waals surface area (Å²) in [5.74, 6) is 0.298. The van der Waals surface area contributed by atoms with Crippen molar-refractivity contribution < 1.29 is 13.9 Å². The topological polar surface area (TPSA) is 56.5 Å². The van der Waals surface area contributed by atoms with Crippen LogP contribution < -0.4 is 4.74 Å². The molecule has 3 aromatic rings. The molecule has 0 unspecified atom stereocenters. The molecule has 0 aliphatic heterocycles. The lowest BCUT2D eigenvalue weighted by Gasteiger charge is -2.07. The first-order chi connectivity index (χ1) is 10.2. The number of fused-ring (bicyclic) bond motifs is 1. The maximum absolute atomic E-state index is 13.1. The molecule has 0 bridgehead atoms. The highest BCUT2D eigenvalue weighted by Gasteiger charge is 2.07. The van der Waals surface area contributed by atoms with Crippen LogP contribution in [0.5, 0.6) is 11.6 Å². The van der Waals surface area contributed by atoms with Crippen LogP contribution in [0.25, 0.3) is 11.6 Å². The van der Waals surface area contributed by atoms with Crippen molar-refractivity contribution in [2.75, 3.05) is 0 Å². The third kappa shape index (κ3) is 2.51. The highest BCUT2D eigenvalue weighted by Crippen LogP contribution is 2.25. The van der Waals surface area contributed by atoms with Crippen molar-refractivity contribution in [3.05, 3.63) is 60.3 Å². The molecule has 0 spiro atoms. The zero-order valence-electron chi connectivity index (χ0n) is 10.9. The number of rotatable bonds is 4.